The number of pyridine rings is 1. The van der Waals surface area contributed by atoms with Crippen LogP contribution in [0.3, 0.4) is 0 Å². The summed E-state index contributed by atoms with van der Waals surface area (Å²) in [5.74, 6) is -2.59. The minimum atomic E-state index is -4.80. The number of benzene rings is 3. The summed E-state index contributed by atoms with van der Waals surface area (Å²) < 4.78 is 73.9. The summed E-state index contributed by atoms with van der Waals surface area (Å²) in [7, 11) is 2.65. The van der Waals surface area contributed by atoms with Crippen molar-refractivity contribution in [3.05, 3.63) is 111 Å². The molecule has 290 valence electrons. The van der Waals surface area contributed by atoms with Crippen LogP contribution in [0.15, 0.2) is 71.7 Å². The molecule has 4 rings (SSSR count). The summed E-state index contributed by atoms with van der Waals surface area (Å²) in [5, 5.41) is 1.29. The second kappa shape index (κ2) is 17.2. The number of methoxy groups -OCH3 is 1. The first-order chi connectivity index (χ1) is 25.3. The van der Waals surface area contributed by atoms with Gasteiger partial charge in [0.25, 0.3) is 5.56 Å². The van der Waals surface area contributed by atoms with Gasteiger partial charge in [0, 0.05) is 30.1 Å². The number of hydrogen-bond donors (Lipinski definition) is 1. The molecular formula is C40H44F4N2O8. The van der Waals surface area contributed by atoms with Gasteiger partial charge >= 0.3 is 30.6 Å². The average Bonchev–Trinajstić information content (AvgIpc) is 3.09. The molecular weight excluding hydrogens is 712 g/mol. The number of H-pyrrole nitrogens is 1. The number of nitrogens with zero attached hydrogens (tertiary/aromatic N) is 1. The Morgan fingerprint density at radius 3 is 2.30 bits per heavy atom. The largest absolute Gasteiger partial charge is 0.469 e. The van der Waals surface area contributed by atoms with E-state index in [4.69, 9.17) is 14.2 Å². The van der Waals surface area contributed by atoms with Crippen LogP contribution in [-0.4, -0.2) is 66.8 Å². The third-order valence-corrected chi connectivity index (χ3v) is 8.57. The summed E-state index contributed by atoms with van der Waals surface area (Å²) in [4.78, 5) is 54.4. The maximum absolute atomic E-state index is 13.9. The van der Waals surface area contributed by atoms with Crippen molar-refractivity contribution in [1.82, 2.24) is 9.88 Å². The first-order valence-electron chi connectivity index (χ1n) is 17.1. The Kier molecular flexibility index (Phi) is 13.1. The lowest BCUT2D eigenvalue weighted by atomic mass is 9.87. The van der Waals surface area contributed by atoms with E-state index in [1.165, 1.54) is 26.3 Å². The lowest BCUT2D eigenvalue weighted by molar-refractivity contribution is -0.253. The molecule has 1 heterocycles. The van der Waals surface area contributed by atoms with E-state index in [1.54, 1.807) is 39.1 Å². The fraction of sp³-hybridized carbons (Fsp3) is 0.400. The molecule has 14 heteroatoms. The highest BCUT2D eigenvalue weighted by atomic mass is 19.3. The van der Waals surface area contributed by atoms with E-state index in [0.29, 0.717) is 22.9 Å². The molecule has 0 bridgehead atoms. The predicted octanol–water partition coefficient (Wildman–Crippen LogP) is 7.83. The normalized spacial score (nSPS) is 13.0. The topological polar surface area (TPSA) is 124 Å². The van der Waals surface area contributed by atoms with Crippen molar-refractivity contribution in [2.24, 2.45) is 0 Å². The number of nitrogens with one attached hydrogen (secondary N) is 1. The van der Waals surface area contributed by atoms with Crippen molar-refractivity contribution < 1.29 is 50.9 Å². The number of halogens is 4. The Bertz CT molecular complexity index is 2040. The average molecular weight is 757 g/mol. The second-order valence-electron chi connectivity index (χ2n) is 14.1. The van der Waals surface area contributed by atoms with E-state index in [0.717, 1.165) is 33.0 Å². The summed E-state index contributed by atoms with van der Waals surface area (Å²) in [6, 6.07) is 16.4. The van der Waals surface area contributed by atoms with Crippen molar-refractivity contribution in [3.8, 4) is 5.75 Å². The molecule has 0 aliphatic heterocycles. The maximum atomic E-state index is 13.9. The monoisotopic (exact) mass is 756 g/mol. The molecule has 0 saturated heterocycles. The van der Waals surface area contributed by atoms with Gasteiger partial charge in [-0.05, 0) is 91.6 Å². The summed E-state index contributed by atoms with van der Waals surface area (Å²) in [6.45, 7) is 8.29. The van der Waals surface area contributed by atoms with Crippen LogP contribution in [-0.2, 0) is 43.2 Å². The van der Waals surface area contributed by atoms with Crippen molar-refractivity contribution in [2.75, 3.05) is 20.8 Å². The highest BCUT2D eigenvalue weighted by Gasteiger charge is 2.44. The minimum Gasteiger partial charge on any atom is -0.469 e. The standard InChI is InChI=1S/C40H44F4N2O8/c1-23-16-28(32(36(49)51-7)19-26-8-10-27-14-15-45-35(48)31(27)18-26)11-12-30(23)24(2)22-52-34(47)20-25-9-13-33(53-40(43,44)37(41)42)29(17-25)21-46(6)38(50)54-39(3,4)5/h8-18,24,32,37H,19-22H2,1-7H3,(H,45,48)/t24-,32?/m0/s1. The lowest BCUT2D eigenvalue weighted by Gasteiger charge is -2.26. The first-order valence-corrected chi connectivity index (χ1v) is 17.1. The molecule has 3 aromatic carbocycles. The van der Waals surface area contributed by atoms with Gasteiger partial charge in [-0.3, -0.25) is 14.4 Å². The number of hydrogen-bond acceptors (Lipinski definition) is 8. The number of ether oxygens (including phenoxy) is 4. The van der Waals surface area contributed by atoms with Crippen LogP contribution in [0.2, 0.25) is 0 Å². The molecule has 0 aliphatic carbocycles. The van der Waals surface area contributed by atoms with Gasteiger partial charge in [-0.15, -0.1) is 0 Å². The van der Waals surface area contributed by atoms with Crippen LogP contribution in [0.4, 0.5) is 22.4 Å². The molecule has 2 atom stereocenters. The summed E-state index contributed by atoms with van der Waals surface area (Å²) >= 11 is 0. The minimum absolute atomic E-state index is 0.0128. The first kappa shape index (κ1) is 41.4. The fourth-order valence-electron chi connectivity index (χ4n) is 5.88. The van der Waals surface area contributed by atoms with Gasteiger partial charge in [0.1, 0.15) is 11.4 Å². The molecule has 0 saturated carbocycles. The summed E-state index contributed by atoms with van der Waals surface area (Å²) in [6.07, 6.45) is -8.12. The molecule has 0 fully saturated rings. The number of alkyl halides is 4. The molecule has 1 amide bonds. The van der Waals surface area contributed by atoms with Crippen LogP contribution in [0.1, 0.15) is 72.9 Å². The lowest BCUT2D eigenvalue weighted by Crippen LogP contribution is -2.35. The van der Waals surface area contributed by atoms with Crippen molar-refractivity contribution in [3.63, 3.8) is 0 Å². The van der Waals surface area contributed by atoms with Crippen LogP contribution in [0.25, 0.3) is 10.8 Å². The number of amides is 1. The Balaban J connectivity index is 1.45. The zero-order valence-corrected chi connectivity index (χ0v) is 31.1. The smallest absolute Gasteiger partial charge is 0.461 e. The van der Waals surface area contributed by atoms with Crippen molar-refractivity contribution >= 4 is 28.8 Å². The SMILES string of the molecule is COC(=O)C(Cc1ccc2cc[nH]c(=O)c2c1)c1ccc([C@@H](C)COC(=O)Cc2ccc(OC(F)(F)C(F)F)c(CN(C)C(=O)OC(C)(C)C)c2)c(C)c1. The predicted molar refractivity (Wildman–Crippen MR) is 193 cm³/mol. The number of aromatic amines is 1. The van der Waals surface area contributed by atoms with E-state index >= 15 is 0 Å². The third-order valence-electron chi connectivity index (χ3n) is 8.57. The Morgan fingerprint density at radius 1 is 0.944 bits per heavy atom. The van der Waals surface area contributed by atoms with Crippen LogP contribution in [0, 0.1) is 6.92 Å². The van der Waals surface area contributed by atoms with E-state index in [2.05, 4.69) is 9.72 Å². The van der Waals surface area contributed by atoms with E-state index in [-0.39, 0.29) is 36.6 Å². The van der Waals surface area contributed by atoms with Crippen LogP contribution >= 0.6 is 0 Å². The van der Waals surface area contributed by atoms with E-state index < -0.39 is 47.8 Å². The number of aryl methyl sites for hydroxylation is 1. The number of aromatic nitrogens is 1. The Morgan fingerprint density at radius 2 is 1.65 bits per heavy atom. The second-order valence-corrected chi connectivity index (χ2v) is 14.1. The van der Waals surface area contributed by atoms with Gasteiger partial charge in [-0.1, -0.05) is 43.3 Å². The van der Waals surface area contributed by atoms with Gasteiger partial charge in [0.15, 0.2) is 0 Å². The van der Waals surface area contributed by atoms with Crippen molar-refractivity contribution in [2.45, 2.75) is 84.0 Å². The van der Waals surface area contributed by atoms with Gasteiger partial charge < -0.3 is 28.8 Å². The zero-order chi connectivity index (χ0) is 40.0. The fourth-order valence-corrected chi connectivity index (χ4v) is 5.88. The molecule has 0 aliphatic rings. The zero-order valence-electron chi connectivity index (χ0n) is 31.1. The van der Waals surface area contributed by atoms with Gasteiger partial charge in [-0.2, -0.15) is 17.6 Å². The molecule has 1 unspecified atom stereocenters. The molecule has 54 heavy (non-hydrogen) atoms. The number of carbonyl (C=O) groups excluding carboxylic acids is 3. The number of rotatable bonds is 14. The molecule has 1 N–H and O–H groups in total. The number of esters is 2. The highest BCUT2D eigenvalue weighted by molar-refractivity contribution is 5.83. The van der Waals surface area contributed by atoms with Gasteiger partial charge in [0.2, 0.25) is 0 Å². The number of carbonyl (C=O) groups is 3. The maximum Gasteiger partial charge on any atom is 0.461 e. The Hall–Kier alpha value is -5.40. The van der Waals surface area contributed by atoms with Crippen LogP contribution in [0.5, 0.6) is 5.75 Å². The van der Waals surface area contributed by atoms with Crippen LogP contribution < -0.4 is 10.3 Å². The Labute approximate surface area is 310 Å². The van der Waals surface area contributed by atoms with E-state index in [1.807, 2.05) is 44.2 Å². The molecule has 0 radical (unpaired) electrons. The number of fused-ring (bicyclic) bond motifs is 1. The quantitative estimate of drug-likeness (QED) is 0.0785. The molecule has 1 aromatic heterocycles. The summed E-state index contributed by atoms with van der Waals surface area (Å²) in [5.41, 5.74) is 2.36. The molecule has 10 nitrogen and oxygen atoms in total. The molecule has 0 spiro atoms. The van der Waals surface area contributed by atoms with E-state index in [9.17, 15) is 36.7 Å². The van der Waals surface area contributed by atoms with Crippen molar-refractivity contribution in [1.29, 1.82) is 0 Å². The third kappa shape index (κ3) is 10.8. The molecule has 4 aromatic rings. The van der Waals surface area contributed by atoms with Gasteiger partial charge in [-0.25, -0.2) is 4.79 Å². The van der Waals surface area contributed by atoms with Gasteiger partial charge in [0.05, 0.1) is 32.6 Å². The highest BCUT2D eigenvalue weighted by Crippen LogP contribution is 2.32.